The molecule has 0 aliphatic heterocycles. The lowest BCUT2D eigenvalue weighted by Crippen LogP contribution is -2.78. The minimum absolute atomic E-state index is 0.0882. The van der Waals surface area contributed by atoms with E-state index < -0.39 is 88.3 Å². The van der Waals surface area contributed by atoms with Crippen molar-refractivity contribution in [1.29, 1.82) is 0 Å². The van der Waals surface area contributed by atoms with Gasteiger partial charge in [-0.05, 0) is 73.1 Å². The Morgan fingerprint density at radius 3 is 2.31 bits per heavy atom. The summed E-state index contributed by atoms with van der Waals surface area (Å²) >= 11 is 2.03. The van der Waals surface area contributed by atoms with Gasteiger partial charge in [0.15, 0.2) is 34.7 Å². The second-order valence-corrected chi connectivity index (χ2v) is 13.3. The number of hydrogen-bond acceptors (Lipinski definition) is 10. The van der Waals surface area contributed by atoms with E-state index in [4.69, 9.17) is 4.74 Å². The fourth-order valence-corrected chi connectivity index (χ4v) is 8.76. The molecule has 226 valence electrons. The molecule has 0 spiro atoms. The van der Waals surface area contributed by atoms with Crippen LogP contribution in [0.15, 0.2) is 12.1 Å². The zero-order valence-corrected chi connectivity index (χ0v) is 26.0. The number of ketones is 4. The number of esters is 1. The Morgan fingerprint density at radius 1 is 1.07 bits per heavy atom. The summed E-state index contributed by atoms with van der Waals surface area (Å²) < 4.78 is 6.83. The molecule has 11 nitrogen and oxygen atoms in total. The number of amides is 1. The van der Waals surface area contributed by atoms with Gasteiger partial charge in [-0.25, -0.2) is 0 Å². The maximum absolute atomic E-state index is 14.4. The summed E-state index contributed by atoms with van der Waals surface area (Å²) in [7, 11) is 4.26. The molecule has 4 aliphatic rings. The third-order valence-electron chi connectivity index (χ3n) is 9.80. The first-order chi connectivity index (χ1) is 19.8. The molecule has 0 saturated heterocycles. The van der Waals surface area contributed by atoms with Crippen LogP contribution in [0.25, 0.3) is 0 Å². The summed E-state index contributed by atoms with van der Waals surface area (Å²) in [4.78, 5) is 84.1. The maximum atomic E-state index is 14.4. The minimum atomic E-state index is -2.98. The van der Waals surface area contributed by atoms with Crippen molar-refractivity contribution in [3.05, 3.63) is 26.8 Å². The minimum Gasteiger partial charge on any atom is -0.507 e. The molecule has 8 atom stereocenters. The summed E-state index contributed by atoms with van der Waals surface area (Å²) in [6, 6.07) is 1.61. The molecule has 4 aliphatic carbocycles. The summed E-state index contributed by atoms with van der Waals surface area (Å²) in [5.41, 5.74) is -2.60. The average Bonchev–Trinajstić information content (AvgIpc) is 2.95. The Kier molecular flexibility index (Phi) is 8.12. The predicted molar refractivity (Wildman–Crippen MR) is 155 cm³/mol. The Balaban J connectivity index is 1.75. The summed E-state index contributed by atoms with van der Waals surface area (Å²) in [5.74, 6) is -13.4. The van der Waals surface area contributed by atoms with Crippen LogP contribution in [-0.2, 0) is 28.7 Å². The van der Waals surface area contributed by atoms with E-state index in [1.807, 2.05) is 22.6 Å². The summed E-state index contributed by atoms with van der Waals surface area (Å²) in [6.45, 7) is 1.74. The molecular weight excluding hydrogens is 659 g/mol. The lowest BCUT2D eigenvalue weighted by atomic mass is 9.49. The second-order valence-electron chi connectivity index (χ2n) is 12.2. The monoisotopic (exact) mass is 694 g/mol. The van der Waals surface area contributed by atoms with Crippen molar-refractivity contribution in [2.24, 2.45) is 29.6 Å². The lowest BCUT2D eigenvalue weighted by Gasteiger charge is -2.56. The van der Waals surface area contributed by atoms with Gasteiger partial charge >= 0.3 is 5.97 Å². The Hall–Kier alpha value is -2.71. The SMILES string of the molecule is CNC(=O)C1C(=O)[C@@H](N(C)C)[C@@H]2[C@@H](OC(=O)C3CCCCC3)[C@H]3C(C(=O)c4c(O)ccc(I)c4[C@@H]3C)C(=O)[C@]2(O)C1=O. The first kappa shape index (κ1) is 30.7. The molecule has 3 saturated carbocycles. The summed E-state index contributed by atoms with van der Waals surface area (Å²) in [6.07, 6.45) is 2.41. The highest BCUT2D eigenvalue weighted by atomic mass is 127. The standard InChI is InChI=1S/C30H35IN2O9/c1-12-16-14(31)10-11-15(34)18(16)23(35)19-17(12)25(42-29(40)13-8-6-5-7-9-13)21-22(33(3)4)24(36)20(28(39)32-2)27(38)30(21,41)26(19)37/h10-13,17,19-22,25,34,41H,5-9H2,1-4H3,(H,32,39)/t12-,17+,19?,20?,21+,22-,25-,30-/m0/s1. The van der Waals surface area contributed by atoms with Crippen LogP contribution in [0.5, 0.6) is 5.75 Å². The lowest BCUT2D eigenvalue weighted by molar-refractivity contribution is -0.207. The number of aromatic hydroxyl groups is 1. The number of nitrogens with zero attached hydrogens (tertiary/aromatic N) is 1. The quantitative estimate of drug-likeness (QED) is 0.238. The number of carbonyl (C=O) groups excluding carboxylic acids is 6. The van der Waals surface area contributed by atoms with Crippen molar-refractivity contribution in [3.63, 3.8) is 0 Å². The highest BCUT2D eigenvalue weighted by Crippen LogP contribution is 2.56. The van der Waals surface area contributed by atoms with Gasteiger partial charge in [-0.15, -0.1) is 0 Å². The van der Waals surface area contributed by atoms with Gasteiger partial charge in [0.25, 0.3) is 0 Å². The number of hydrogen-bond donors (Lipinski definition) is 3. The predicted octanol–water partition coefficient (Wildman–Crippen LogP) is 1.40. The first-order valence-corrected chi connectivity index (χ1v) is 15.4. The van der Waals surface area contributed by atoms with Crippen LogP contribution in [0.2, 0.25) is 0 Å². The Bertz CT molecular complexity index is 1390. The van der Waals surface area contributed by atoms with Crippen molar-refractivity contribution < 1.29 is 43.7 Å². The number of halogens is 1. The topological polar surface area (TPSA) is 167 Å². The van der Waals surface area contributed by atoms with Gasteiger partial charge in [-0.3, -0.25) is 33.7 Å². The number of phenolic OH excluding ortho intramolecular Hbond substituents is 1. The number of nitrogens with one attached hydrogen (secondary N) is 1. The number of Topliss-reactive ketones (excluding diaryl/α,β-unsaturated/α-hetero) is 4. The number of rotatable bonds is 4. The Labute approximate surface area is 256 Å². The van der Waals surface area contributed by atoms with Crippen molar-refractivity contribution >= 4 is 57.6 Å². The maximum Gasteiger partial charge on any atom is 0.309 e. The van der Waals surface area contributed by atoms with E-state index in [1.165, 1.54) is 32.1 Å². The molecule has 2 unspecified atom stereocenters. The number of ether oxygens (including phenoxy) is 1. The third-order valence-corrected chi connectivity index (χ3v) is 10.7. The highest BCUT2D eigenvalue weighted by molar-refractivity contribution is 14.1. The van der Waals surface area contributed by atoms with Crippen LogP contribution in [-0.4, -0.2) is 89.0 Å². The van der Waals surface area contributed by atoms with Gasteiger partial charge in [0.05, 0.1) is 29.4 Å². The largest absolute Gasteiger partial charge is 0.507 e. The molecule has 1 aromatic carbocycles. The molecule has 0 radical (unpaired) electrons. The van der Waals surface area contributed by atoms with Crippen molar-refractivity contribution in [2.75, 3.05) is 21.1 Å². The first-order valence-electron chi connectivity index (χ1n) is 14.3. The van der Waals surface area contributed by atoms with Crippen LogP contribution in [0.1, 0.15) is 60.9 Å². The van der Waals surface area contributed by atoms with Crippen molar-refractivity contribution in [1.82, 2.24) is 10.2 Å². The number of aliphatic hydroxyl groups is 1. The van der Waals surface area contributed by atoms with Gasteiger partial charge in [-0.1, -0.05) is 26.2 Å². The normalized spacial score (nSPS) is 34.9. The molecule has 5 rings (SSSR count). The second kappa shape index (κ2) is 11.1. The molecule has 0 bridgehead atoms. The van der Waals surface area contributed by atoms with Gasteiger partial charge in [0.1, 0.15) is 11.9 Å². The van der Waals surface area contributed by atoms with E-state index in [0.29, 0.717) is 22.0 Å². The fourth-order valence-electron chi connectivity index (χ4n) is 7.82. The molecule has 1 aromatic rings. The van der Waals surface area contributed by atoms with E-state index >= 15 is 0 Å². The molecule has 0 aromatic heterocycles. The van der Waals surface area contributed by atoms with E-state index in [2.05, 4.69) is 5.32 Å². The van der Waals surface area contributed by atoms with Crippen molar-refractivity contribution in [2.45, 2.75) is 62.7 Å². The molecule has 0 heterocycles. The highest BCUT2D eigenvalue weighted by Gasteiger charge is 2.74. The number of likely N-dealkylation sites (N-methyl/N-ethyl adjacent to an activating group) is 1. The number of carbonyl (C=O) groups is 6. The van der Waals surface area contributed by atoms with Gasteiger partial charge in [0.2, 0.25) is 5.91 Å². The number of benzene rings is 1. The zero-order chi connectivity index (χ0) is 30.8. The van der Waals surface area contributed by atoms with E-state index in [0.717, 1.165) is 19.3 Å². The number of phenols is 1. The van der Waals surface area contributed by atoms with Crippen molar-refractivity contribution in [3.8, 4) is 5.75 Å². The van der Waals surface area contributed by atoms with Gasteiger partial charge in [0, 0.05) is 16.5 Å². The fraction of sp³-hybridized carbons (Fsp3) is 0.600. The molecule has 3 fully saturated rings. The molecule has 1 amide bonds. The smallest absolute Gasteiger partial charge is 0.309 e. The van der Waals surface area contributed by atoms with E-state index in [1.54, 1.807) is 13.0 Å². The van der Waals surface area contributed by atoms with E-state index in [-0.39, 0.29) is 11.3 Å². The van der Waals surface area contributed by atoms with Crippen LogP contribution < -0.4 is 5.32 Å². The third kappa shape index (κ3) is 4.35. The van der Waals surface area contributed by atoms with Gasteiger partial charge in [-0.2, -0.15) is 0 Å². The zero-order valence-electron chi connectivity index (χ0n) is 23.9. The molecule has 42 heavy (non-hydrogen) atoms. The Morgan fingerprint density at radius 2 is 1.71 bits per heavy atom. The molecular formula is C30H35IN2O9. The van der Waals surface area contributed by atoms with Crippen LogP contribution >= 0.6 is 22.6 Å². The number of fused-ring (bicyclic) bond motifs is 3. The van der Waals surface area contributed by atoms with Crippen LogP contribution in [0, 0.1) is 33.2 Å². The van der Waals surface area contributed by atoms with E-state index in [9.17, 15) is 39.0 Å². The van der Waals surface area contributed by atoms with Gasteiger partial charge < -0.3 is 20.3 Å². The average molecular weight is 695 g/mol. The van der Waals surface area contributed by atoms with Crippen LogP contribution in [0.3, 0.4) is 0 Å². The molecule has 3 N–H and O–H groups in total. The van der Waals surface area contributed by atoms with Crippen LogP contribution in [0.4, 0.5) is 0 Å². The molecule has 12 heteroatoms. The summed E-state index contributed by atoms with van der Waals surface area (Å²) in [5, 5.41) is 25.2.